The van der Waals surface area contributed by atoms with Crippen molar-refractivity contribution in [2.45, 2.75) is 50.5 Å². The lowest BCUT2D eigenvalue weighted by Crippen LogP contribution is -2.51. The van der Waals surface area contributed by atoms with Gasteiger partial charge in [0.1, 0.15) is 0 Å². The number of hydrogen-bond donors (Lipinski definition) is 1. The number of alkyl halides is 4. The van der Waals surface area contributed by atoms with Crippen molar-refractivity contribution in [1.82, 2.24) is 0 Å². The van der Waals surface area contributed by atoms with Crippen molar-refractivity contribution in [2.75, 3.05) is 0 Å². The molecule has 1 N–H and O–H groups in total. The van der Waals surface area contributed by atoms with E-state index in [-0.39, 0.29) is 23.1 Å². The first-order chi connectivity index (χ1) is 9.61. The summed E-state index contributed by atoms with van der Waals surface area (Å²) in [4.78, 5) is 11.1. The summed E-state index contributed by atoms with van der Waals surface area (Å²) in [6.45, 7) is 3.83. The number of hydrogen-bond acceptors (Lipinski definition) is 2. The number of aliphatic carboxylic acids is 1. The monoisotopic (exact) mass is 326 g/mol. The Morgan fingerprint density at radius 1 is 1.43 bits per heavy atom. The van der Waals surface area contributed by atoms with Crippen molar-refractivity contribution in [3.05, 3.63) is 11.6 Å². The number of carboxylic acid groups (broad SMARTS) is 1. The Labute approximate surface area is 126 Å². The Morgan fingerprint density at radius 2 is 2.05 bits per heavy atom. The van der Waals surface area contributed by atoms with Crippen LogP contribution in [0.1, 0.15) is 26.7 Å². The molecule has 120 valence electrons. The minimum absolute atomic E-state index is 0.109. The molecule has 1 fully saturated rings. The van der Waals surface area contributed by atoms with Crippen LogP contribution in [0.25, 0.3) is 0 Å². The Morgan fingerprint density at radius 3 is 2.52 bits per heavy atom. The van der Waals surface area contributed by atoms with E-state index in [9.17, 15) is 18.0 Å². The second-order valence-corrected chi connectivity index (χ2v) is 6.71. The Hall–Kier alpha value is -0.750. The summed E-state index contributed by atoms with van der Waals surface area (Å²) in [5.74, 6) is -1.96. The predicted molar refractivity (Wildman–Crippen MR) is 71.1 cm³/mol. The van der Waals surface area contributed by atoms with Gasteiger partial charge in [-0.05, 0) is 24.7 Å². The second kappa shape index (κ2) is 5.80. The van der Waals surface area contributed by atoms with E-state index in [1.807, 2.05) is 13.8 Å². The van der Waals surface area contributed by atoms with Crippen LogP contribution in [0.4, 0.5) is 13.2 Å². The molecule has 1 heterocycles. The number of carboxylic acids is 1. The zero-order chi connectivity index (χ0) is 15.9. The molecule has 21 heavy (non-hydrogen) atoms. The number of fused-ring (bicyclic) bond motifs is 1. The van der Waals surface area contributed by atoms with E-state index in [2.05, 4.69) is 0 Å². The number of rotatable bonds is 2. The molecule has 5 atom stereocenters. The zero-order valence-corrected chi connectivity index (χ0v) is 12.5. The summed E-state index contributed by atoms with van der Waals surface area (Å²) in [5, 5.41) is 8.85. The summed E-state index contributed by atoms with van der Waals surface area (Å²) in [5.41, 5.74) is -0.725. The molecule has 0 radical (unpaired) electrons. The highest BCUT2D eigenvalue weighted by Crippen LogP contribution is 2.45. The largest absolute Gasteiger partial charge is 0.478 e. The maximum Gasteiger partial charge on any atom is 0.419 e. The SMILES string of the molecule is CC(C)C1CC(Cl)CC2C=C(C(=O)O)C(C(F)(F)F)OC21. The van der Waals surface area contributed by atoms with E-state index in [4.69, 9.17) is 21.4 Å². The van der Waals surface area contributed by atoms with Gasteiger partial charge in [-0.2, -0.15) is 13.2 Å². The third-order valence-corrected chi connectivity index (χ3v) is 4.63. The normalized spacial score (nSPS) is 37.1. The lowest BCUT2D eigenvalue weighted by atomic mass is 9.71. The van der Waals surface area contributed by atoms with Gasteiger partial charge in [0.05, 0.1) is 11.7 Å². The van der Waals surface area contributed by atoms with E-state index in [0.717, 1.165) is 0 Å². The van der Waals surface area contributed by atoms with Crippen LogP contribution in [-0.2, 0) is 9.53 Å². The van der Waals surface area contributed by atoms with Crippen molar-refractivity contribution >= 4 is 17.6 Å². The highest BCUT2D eigenvalue weighted by molar-refractivity contribution is 6.20. The maximum atomic E-state index is 13.1. The van der Waals surface area contributed by atoms with Crippen LogP contribution < -0.4 is 0 Å². The Balaban J connectivity index is 2.38. The number of halogens is 4. The van der Waals surface area contributed by atoms with Gasteiger partial charge in [-0.25, -0.2) is 4.79 Å². The molecule has 3 nitrogen and oxygen atoms in total. The molecule has 2 rings (SSSR count). The fraction of sp³-hybridized carbons (Fsp3) is 0.786. The van der Waals surface area contributed by atoms with E-state index in [1.165, 1.54) is 6.08 Å². The summed E-state index contributed by atoms with van der Waals surface area (Å²) in [6, 6.07) is 0. The van der Waals surface area contributed by atoms with Gasteiger partial charge >= 0.3 is 12.1 Å². The summed E-state index contributed by atoms with van der Waals surface area (Å²) in [6.07, 6.45) is -5.48. The molecule has 0 aromatic rings. The summed E-state index contributed by atoms with van der Waals surface area (Å²) < 4.78 is 44.4. The lowest BCUT2D eigenvalue weighted by molar-refractivity contribution is -0.240. The van der Waals surface area contributed by atoms with Crippen LogP contribution in [0.3, 0.4) is 0 Å². The molecule has 1 aliphatic carbocycles. The van der Waals surface area contributed by atoms with Gasteiger partial charge < -0.3 is 9.84 Å². The van der Waals surface area contributed by atoms with Crippen molar-refractivity contribution in [2.24, 2.45) is 17.8 Å². The molecule has 0 aromatic heterocycles. The molecule has 5 unspecified atom stereocenters. The second-order valence-electron chi connectivity index (χ2n) is 6.09. The van der Waals surface area contributed by atoms with E-state index in [0.29, 0.717) is 12.8 Å². The smallest absolute Gasteiger partial charge is 0.419 e. The molecule has 0 amide bonds. The Bertz CT molecular complexity index is 447. The van der Waals surface area contributed by atoms with E-state index >= 15 is 0 Å². The van der Waals surface area contributed by atoms with Crippen LogP contribution in [0.15, 0.2) is 11.6 Å². The van der Waals surface area contributed by atoms with Gasteiger partial charge in [-0.3, -0.25) is 0 Å². The van der Waals surface area contributed by atoms with Crippen molar-refractivity contribution in [3.63, 3.8) is 0 Å². The van der Waals surface area contributed by atoms with Gasteiger partial charge in [-0.15, -0.1) is 11.6 Å². The first kappa shape index (κ1) is 16.6. The predicted octanol–water partition coefficient (Wildman–Crippen LogP) is 3.62. The summed E-state index contributed by atoms with van der Waals surface area (Å²) >= 11 is 6.17. The van der Waals surface area contributed by atoms with E-state index in [1.54, 1.807) is 0 Å². The van der Waals surface area contributed by atoms with Crippen molar-refractivity contribution < 1.29 is 27.8 Å². The molecule has 2 aliphatic rings. The van der Waals surface area contributed by atoms with Gasteiger partial charge in [0.25, 0.3) is 0 Å². The molecule has 0 saturated heterocycles. The molecule has 0 bridgehead atoms. The average Bonchev–Trinajstić information content (AvgIpc) is 2.34. The van der Waals surface area contributed by atoms with Crippen LogP contribution in [0.5, 0.6) is 0 Å². The molecule has 1 aliphatic heterocycles. The maximum absolute atomic E-state index is 13.1. The van der Waals surface area contributed by atoms with Gasteiger partial charge in [0, 0.05) is 11.3 Å². The lowest BCUT2D eigenvalue weighted by Gasteiger charge is -2.45. The average molecular weight is 327 g/mol. The minimum atomic E-state index is -4.73. The van der Waals surface area contributed by atoms with Gasteiger partial charge in [0.15, 0.2) is 6.10 Å². The van der Waals surface area contributed by atoms with Gasteiger partial charge in [-0.1, -0.05) is 19.9 Å². The molecular formula is C14H18ClF3O3. The van der Waals surface area contributed by atoms with Crippen molar-refractivity contribution in [1.29, 1.82) is 0 Å². The number of carbonyl (C=O) groups is 1. The van der Waals surface area contributed by atoms with Crippen molar-refractivity contribution in [3.8, 4) is 0 Å². The fourth-order valence-corrected chi connectivity index (χ4v) is 3.69. The van der Waals surface area contributed by atoms with Gasteiger partial charge in [0.2, 0.25) is 0 Å². The molecule has 7 heteroatoms. The highest BCUT2D eigenvalue weighted by Gasteiger charge is 2.53. The molecule has 1 saturated carbocycles. The van der Waals surface area contributed by atoms with Crippen LogP contribution in [0, 0.1) is 17.8 Å². The quantitative estimate of drug-likeness (QED) is 0.788. The molecular weight excluding hydrogens is 309 g/mol. The first-order valence-corrected chi connectivity index (χ1v) is 7.36. The minimum Gasteiger partial charge on any atom is -0.478 e. The Kier molecular flexibility index (Phi) is 4.59. The van der Waals surface area contributed by atoms with Crippen LogP contribution in [0.2, 0.25) is 0 Å². The molecule has 0 aromatic carbocycles. The standard InChI is InChI=1S/C14H18ClF3O3/c1-6(2)9-5-8(15)3-7-4-10(13(19)20)12(14(16,17)18)21-11(7)9/h4,6-9,11-12H,3,5H2,1-2H3,(H,19,20). The van der Waals surface area contributed by atoms with E-state index < -0.39 is 29.9 Å². The number of ether oxygens (including phenoxy) is 1. The topological polar surface area (TPSA) is 46.5 Å². The van der Waals surface area contributed by atoms with Crippen LogP contribution >= 0.6 is 11.6 Å². The summed E-state index contributed by atoms with van der Waals surface area (Å²) in [7, 11) is 0. The third-order valence-electron chi connectivity index (χ3n) is 4.27. The molecule has 0 spiro atoms. The fourth-order valence-electron chi connectivity index (χ4n) is 3.27. The zero-order valence-electron chi connectivity index (χ0n) is 11.7. The first-order valence-electron chi connectivity index (χ1n) is 6.92. The van der Waals surface area contributed by atoms with Crippen LogP contribution in [-0.4, -0.2) is 34.8 Å². The third kappa shape index (κ3) is 3.37. The highest BCUT2D eigenvalue weighted by atomic mass is 35.5.